The van der Waals surface area contributed by atoms with Gasteiger partial charge in [0.05, 0.1) is 12.2 Å². The van der Waals surface area contributed by atoms with Gasteiger partial charge in [-0.2, -0.15) is 13.2 Å². The average Bonchev–Trinajstić information content (AvgIpc) is 2.45. The van der Waals surface area contributed by atoms with Gasteiger partial charge in [0.15, 0.2) is 0 Å². The van der Waals surface area contributed by atoms with Crippen LogP contribution in [0.3, 0.4) is 0 Å². The lowest BCUT2D eigenvalue weighted by atomic mass is 10.2. The highest BCUT2D eigenvalue weighted by Gasteiger charge is 2.30. The van der Waals surface area contributed by atoms with Gasteiger partial charge >= 0.3 is 18.2 Å². The van der Waals surface area contributed by atoms with Gasteiger partial charge in [-0.05, 0) is 25.1 Å². The van der Waals surface area contributed by atoms with Gasteiger partial charge in [0.2, 0.25) is 5.91 Å². The maximum Gasteiger partial charge on any atom is 0.416 e. The standard InChI is InChI=1S/C13H14F3N3O4/c1-2-23-11(21)7-10(20)18-19-12(22)17-9-5-3-4-8(6-9)13(14,15)16/h3-6H,2,7H2,1H3,(H,18,20)(H2,17,19,22). The van der Waals surface area contributed by atoms with Gasteiger partial charge in [-0.25, -0.2) is 10.2 Å². The van der Waals surface area contributed by atoms with Crippen LogP contribution in [-0.4, -0.2) is 24.5 Å². The van der Waals surface area contributed by atoms with Gasteiger partial charge in [-0.15, -0.1) is 0 Å². The number of urea groups is 1. The highest BCUT2D eigenvalue weighted by Crippen LogP contribution is 2.30. The third-order valence-electron chi connectivity index (χ3n) is 2.37. The van der Waals surface area contributed by atoms with Gasteiger partial charge in [0, 0.05) is 5.69 Å². The summed E-state index contributed by atoms with van der Waals surface area (Å²) >= 11 is 0. The number of hydrazine groups is 1. The Morgan fingerprint density at radius 1 is 1.17 bits per heavy atom. The Morgan fingerprint density at radius 3 is 2.48 bits per heavy atom. The van der Waals surface area contributed by atoms with Gasteiger partial charge in [0.25, 0.3) is 0 Å². The maximum atomic E-state index is 12.5. The van der Waals surface area contributed by atoms with Crippen molar-refractivity contribution in [2.45, 2.75) is 19.5 Å². The zero-order valence-electron chi connectivity index (χ0n) is 12.0. The van der Waals surface area contributed by atoms with E-state index in [2.05, 4.69) is 10.1 Å². The number of anilines is 1. The second-order valence-corrected chi connectivity index (χ2v) is 4.19. The van der Waals surface area contributed by atoms with E-state index in [0.29, 0.717) is 0 Å². The number of hydrogen-bond acceptors (Lipinski definition) is 4. The molecule has 1 rings (SSSR count). The molecule has 1 aromatic rings. The molecular formula is C13H14F3N3O4. The molecule has 10 heteroatoms. The van der Waals surface area contributed by atoms with Crippen molar-refractivity contribution in [1.29, 1.82) is 0 Å². The summed E-state index contributed by atoms with van der Waals surface area (Å²) in [4.78, 5) is 33.7. The van der Waals surface area contributed by atoms with E-state index in [0.717, 1.165) is 18.2 Å². The lowest BCUT2D eigenvalue weighted by Crippen LogP contribution is -2.44. The molecule has 0 saturated heterocycles. The molecule has 0 aliphatic rings. The van der Waals surface area contributed by atoms with E-state index in [4.69, 9.17) is 0 Å². The van der Waals surface area contributed by atoms with Gasteiger partial charge in [-0.3, -0.25) is 15.0 Å². The first-order valence-electron chi connectivity index (χ1n) is 6.41. The number of esters is 1. The Bertz CT molecular complexity index is 590. The Balaban J connectivity index is 2.48. The van der Waals surface area contributed by atoms with Crippen LogP contribution in [0, 0.1) is 0 Å². The zero-order chi connectivity index (χ0) is 17.5. The molecule has 0 spiro atoms. The fourth-order valence-electron chi connectivity index (χ4n) is 1.45. The predicted molar refractivity (Wildman–Crippen MR) is 73.0 cm³/mol. The number of carbonyl (C=O) groups excluding carboxylic acids is 3. The molecule has 0 saturated carbocycles. The summed E-state index contributed by atoms with van der Waals surface area (Å²) in [6.07, 6.45) is -5.14. The first-order chi connectivity index (χ1) is 10.7. The van der Waals surface area contributed by atoms with E-state index in [1.54, 1.807) is 6.92 Å². The SMILES string of the molecule is CCOC(=O)CC(=O)NNC(=O)Nc1cccc(C(F)(F)F)c1. The van der Waals surface area contributed by atoms with Crippen molar-refractivity contribution in [2.24, 2.45) is 0 Å². The molecule has 0 heterocycles. The molecule has 0 radical (unpaired) electrons. The van der Waals surface area contributed by atoms with Gasteiger partial charge < -0.3 is 10.1 Å². The van der Waals surface area contributed by atoms with E-state index < -0.39 is 36.1 Å². The second-order valence-electron chi connectivity index (χ2n) is 4.19. The third kappa shape index (κ3) is 6.68. The smallest absolute Gasteiger partial charge is 0.416 e. The number of carbonyl (C=O) groups is 3. The number of alkyl halides is 3. The number of halogens is 3. The van der Waals surface area contributed by atoms with Crippen molar-refractivity contribution in [1.82, 2.24) is 10.9 Å². The molecule has 0 bridgehead atoms. The van der Waals surface area contributed by atoms with Crippen molar-refractivity contribution in [3.63, 3.8) is 0 Å². The number of amides is 3. The van der Waals surface area contributed by atoms with Crippen LogP contribution in [-0.2, 0) is 20.5 Å². The summed E-state index contributed by atoms with van der Waals surface area (Å²) in [5.41, 5.74) is 2.77. The molecule has 0 aromatic heterocycles. The van der Waals surface area contributed by atoms with E-state index in [-0.39, 0.29) is 12.3 Å². The molecule has 0 aliphatic heterocycles. The first kappa shape index (κ1) is 18.3. The quantitative estimate of drug-likeness (QED) is 0.445. The average molecular weight is 333 g/mol. The lowest BCUT2D eigenvalue weighted by Gasteiger charge is -2.11. The van der Waals surface area contributed by atoms with Crippen LogP contribution in [0.2, 0.25) is 0 Å². The zero-order valence-corrected chi connectivity index (χ0v) is 12.0. The monoisotopic (exact) mass is 333 g/mol. The molecule has 0 unspecified atom stereocenters. The maximum absolute atomic E-state index is 12.5. The highest BCUT2D eigenvalue weighted by atomic mass is 19.4. The van der Waals surface area contributed by atoms with Crippen LogP contribution < -0.4 is 16.2 Å². The Hall–Kier alpha value is -2.78. The van der Waals surface area contributed by atoms with Crippen molar-refractivity contribution < 1.29 is 32.3 Å². The molecule has 3 amide bonds. The van der Waals surface area contributed by atoms with Crippen LogP contribution in [0.4, 0.5) is 23.7 Å². The van der Waals surface area contributed by atoms with Crippen molar-refractivity contribution >= 4 is 23.6 Å². The highest BCUT2D eigenvalue weighted by molar-refractivity contribution is 5.96. The topological polar surface area (TPSA) is 96.5 Å². The van der Waals surface area contributed by atoms with E-state index in [9.17, 15) is 27.6 Å². The summed E-state index contributed by atoms with van der Waals surface area (Å²) in [6, 6.07) is 2.98. The van der Waals surface area contributed by atoms with E-state index in [1.807, 2.05) is 10.9 Å². The molecule has 126 valence electrons. The van der Waals surface area contributed by atoms with Crippen LogP contribution >= 0.6 is 0 Å². The van der Waals surface area contributed by atoms with Crippen LogP contribution in [0.5, 0.6) is 0 Å². The van der Waals surface area contributed by atoms with Crippen LogP contribution in [0.25, 0.3) is 0 Å². The minimum absolute atomic E-state index is 0.107. The third-order valence-corrected chi connectivity index (χ3v) is 2.37. The minimum atomic E-state index is -4.54. The van der Waals surface area contributed by atoms with Gasteiger partial charge in [0.1, 0.15) is 6.42 Å². The minimum Gasteiger partial charge on any atom is -0.466 e. The molecule has 3 N–H and O–H groups in total. The summed E-state index contributed by atoms with van der Waals surface area (Å²) in [5, 5.41) is 2.11. The van der Waals surface area contributed by atoms with Gasteiger partial charge in [-0.1, -0.05) is 6.07 Å². The second kappa shape index (κ2) is 8.01. The molecule has 23 heavy (non-hydrogen) atoms. The van der Waals surface area contributed by atoms with Crippen molar-refractivity contribution in [3.05, 3.63) is 29.8 Å². The number of benzene rings is 1. The molecule has 7 nitrogen and oxygen atoms in total. The van der Waals surface area contributed by atoms with Crippen LogP contribution in [0.15, 0.2) is 24.3 Å². The molecule has 0 fully saturated rings. The number of rotatable bonds is 4. The fourth-order valence-corrected chi connectivity index (χ4v) is 1.45. The predicted octanol–water partition coefficient (Wildman–Crippen LogP) is 1.81. The Morgan fingerprint density at radius 2 is 1.87 bits per heavy atom. The molecular weight excluding hydrogens is 319 g/mol. The van der Waals surface area contributed by atoms with Crippen LogP contribution in [0.1, 0.15) is 18.9 Å². The number of hydrogen-bond donors (Lipinski definition) is 3. The molecule has 0 atom stereocenters. The Kier molecular flexibility index (Phi) is 6.36. The largest absolute Gasteiger partial charge is 0.466 e. The number of ether oxygens (including phenoxy) is 1. The lowest BCUT2D eigenvalue weighted by molar-refractivity contribution is -0.146. The summed E-state index contributed by atoms with van der Waals surface area (Å²) in [6.45, 7) is 1.67. The van der Waals surface area contributed by atoms with Crippen molar-refractivity contribution in [2.75, 3.05) is 11.9 Å². The van der Waals surface area contributed by atoms with Crippen molar-refractivity contribution in [3.8, 4) is 0 Å². The Labute approximate surface area is 129 Å². The van der Waals surface area contributed by atoms with E-state index in [1.165, 1.54) is 6.07 Å². The number of nitrogens with one attached hydrogen (secondary N) is 3. The first-order valence-corrected chi connectivity index (χ1v) is 6.41. The molecule has 1 aromatic carbocycles. The summed E-state index contributed by atoms with van der Waals surface area (Å²) in [5.74, 6) is -1.60. The summed E-state index contributed by atoms with van der Waals surface area (Å²) < 4.78 is 42.1. The summed E-state index contributed by atoms with van der Waals surface area (Å²) in [7, 11) is 0. The fraction of sp³-hybridized carbons (Fsp3) is 0.308. The molecule has 0 aliphatic carbocycles. The van der Waals surface area contributed by atoms with E-state index >= 15 is 0 Å². The normalized spacial score (nSPS) is 10.6.